The number of fused-ring (bicyclic) bond motifs is 7. The first-order valence-electron chi connectivity index (χ1n) is 21.0. The van der Waals surface area contributed by atoms with Crippen molar-refractivity contribution in [2.24, 2.45) is 9.98 Å². The third-order valence-corrected chi connectivity index (χ3v) is 12.4. The first kappa shape index (κ1) is 37.0. The SMILES string of the molecule is C=N/C(=N\C1=C(Cc2ccc(-c3ccc(-c4cc(-c5ccccc5)nc(-c5ccccc5)n4)cc3)cc2)C2(c3ccccc31)c1ccccc1-c1ccccc12)c1ccccc1. The molecule has 0 aliphatic heterocycles. The summed E-state index contributed by atoms with van der Waals surface area (Å²) < 4.78 is 0. The van der Waals surface area contributed by atoms with Crippen molar-refractivity contribution in [2.75, 3.05) is 0 Å². The van der Waals surface area contributed by atoms with E-state index in [9.17, 15) is 0 Å². The van der Waals surface area contributed by atoms with Gasteiger partial charge in [-0.3, -0.25) is 0 Å². The molecule has 9 aromatic rings. The molecule has 0 N–H and O–H groups in total. The second-order valence-corrected chi connectivity index (χ2v) is 15.8. The van der Waals surface area contributed by atoms with Crippen molar-refractivity contribution < 1.29 is 0 Å². The summed E-state index contributed by atoms with van der Waals surface area (Å²) in [6.45, 7) is 3.99. The average molecular weight is 793 g/mol. The van der Waals surface area contributed by atoms with Crippen LogP contribution in [0.15, 0.2) is 234 Å². The van der Waals surface area contributed by atoms with Crippen molar-refractivity contribution in [1.82, 2.24) is 9.97 Å². The summed E-state index contributed by atoms with van der Waals surface area (Å²) in [6.07, 6.45) is 0.690. The third-order valence-electron chi connectivity index (χ3n) is 12.4. The molecule has 2 aliphatic carbocycles. The molecule has 11 rings (SSSR count). The van der Waals surface area contributed by atoms with E-state index in [1.54, 1.807) is 0 Å². The monoisotopic (exact) mass is 792 g/mol. The number of nitrogens with zero attached hydrogens (tertiary/aromatic N) is 4. The van der Waals surface area contributed by atoms with Gasteiger partial charge in [-0.15, -0.1) is 0 Å². The lowest BCUT2D eigenvalue weighted by Crippen LogP contribution is -2.28. The maximum absolute atomic E-state index is 5.45. The van der Waals surface area contributed by atoms with Gasteiger partial charge < -0.3 is 0 Å². The van der Waals surface area contributed by atoms with Crippen molar-refractivity contribution in [1.29, 1.82) is 0 Å². The van der Waals surface area contributed by atoms with Crippen LogP contribution in [0.25, 0.3) is 61.9 Å². The zero-order valence-corrected chi connectivity index (χ0v) is 34.0. The van der Waals surface area contributed by atoms with Crippen LogP contribution in [-0.4, -0.2) is 22.5 Å². The van der Waals surface area contributed by atoms with E-state index in [1.807, 2.05) is 66.7 Å². The lowest BCUT2D eigenvalue weighted by Gasteiger charge is -2.32. The van der Waals surface area contributed by atoms with Gasteiger partial charge in [0.25, 0.3) is 0 Å². The molecule has 1 heterocycles. The lowest BCUT2D eigenvalue weighted by atomic mass is 9.68. The highest BCUT2D eigenvalue weighted by Crippen LogP contribution is 2.62. The van der Waals surface area contributed by atoms with Crippen molar-refractivity contribution >= 4 is 18.3 Å². The van der Waals surface area contributed by atoms with Crippen molar-refractivity contribution in [3.8, 4) is 56.2 Å². The van der Waals surface area contributed by atoms with E-state index in [0.29, 0.717) is 18.1 Å². The van der Waals surface area contributed by atoms with Gasteiger partial charge in [-0.2, -0.15) is 0 Å². The fraction of sp³-hybridized carbons (Fsp3) is 0.0345. The molecular formula is C58H40N4. The normalized spacial score (nSPS) is 13.5. The summed E-state index contributed by atoms with van der Waals surface area (Å²) in [5.41, 5.74) is 18.4. The van der Waals surface area contributed by atoms with Gasteiger partial charge in [0.1, 0.15) is 0 Å². The Balaban J connectivity index is 0.988. The largest absolute Gasteiger partial charge is 0.245 e. The zero-order chi connectivity index (χ0) is 41.5. The highest BCUT2D eigenvalue weighted by atomic mass is 14.9. The van der Waals surface area contributed by atoms with Gasteiger partial charge in [-0.05, 0) is 69.3 Å². The molecule has 0 bridgehead atoms. The summed E-state index contributed by atoms with van der Waals surface area (Å²) in [5, 5.41) is 0. The quantitative estimate of drug-likeness (QED) is 0.114. The highest BCUT2D eigenvalue weighted by Gasteiger charge is 2.52. The maximum atomic E-state index is 5.45. The number of rotatable bonds is 8. The van der Waals surface area contributed by atoms with Crippen LogP contribution in [-0.2, 0) is 11.8 Å². The van der Waals surface area contributed by atoms with Crippen LogP contribution in [0.2, 0.25) is 0 Å². The van der Waals surface area contributed by atoms with Gasteiger partial charge in [0, 0.05) is 27.8 Å². The van der Waals surface area contributed by atoms with Gasteiger partial charge in [-0.25, -0.2) is 20.0 Å². The van der Waals surface area contributed by atoms with E-state index in [4.69, 9.17) is 15.0 Å². The Morgan fingerprint density at radius 3 is 1.44 bits per heavy atom. The Morgan fingerprint density at radius 2 is 0.871 bits per heavy atom. The van der Waals surface area contributed by atoms with E-state index in [1.165, 1.54) is 39.0 Å². The number of aliphatic imine (C=N–C) groups is 2. The molecule has 0 amide bonds. The van der Waals surface area contributed by atoms with Crippen LogP contribution in [0.3, 0.4) is 0 Å². The number of benzene rings is 8. The predicted molar refractivity (Wildman–Crippen MR) is 255 cm³/mol. The maximum Gasteiger partial charge on any atom is 0.160 e. The second-order valence-electron chi connectivity index (χ2n) is 15.8. The average Bonchev–Trinajstić information content (AvgIpc) is 3.80. The van der Waals surface area contributed by atoms with E-state index in [0.717, 1.165) is 56.0 Å². The molecule has 4 heteroatoms. The highest BCUT2D eigenvalue weighted by molar-refractivity contribution is 6.06. The molecule has 0 saturated heterocycles. The van der Waals surface area contributed by atoms with Gasteiger partial charge in [0.15, 0.2) is 11.7 Å². The summed E-state index contributed by atoms with van der Waals surface area (Å²) in [7, 11) is 0. The molecule has 8 aromatic carbocycles. The lowest BCUT2D eigenvalue weighted by molar-refractivity contribution is 0.740. The minimum Gasteiger partial charge on any atom is -0.245 e. The van der Waals surface area contributed by atoms with Crippen molar-refractivity contribution in [2.45, 2.75) is 11.8 Å². The van der Waals surface area contributed by atoms with E-state index in [-0.39, 0.29) is 0 Å². The molecule has 0 saturated carbocycles. The first-order chi connectivity index (χ1) is 30.7. The Labute approximate surface area is 362 Å². The summed E-state index contributed by atoms with van der Waals surface area (Å²) in [6, 6.07) is 77.0. The first-order valence-corrected chi connectivity index (χ1v) is 21.0. The molecule has 1 spiro atoms. The number of allylic oxidation sites excluding steroid dienone is 1. The molecule has 0 fully saturated rings. The molecule has 1 aromatic heterocycles. The topological polar surface area (TPSA) is 50.5 Å². The summed E-state index contributed by atoms with van der Waals surface area (Å²) in [5.74, 6) is 1.32. The molecule has 0 atom stereocenters. The third kappa shape index (κ3) is 6.24. The van der Waals surface area contributed by atoms with Gasteiger partial charge in [0.05, 0.1) is 22.5 Å². The van der Waals surface area contributed by atoms with Crippen LogP contribution in [0.4, 0.5) is 0 Å². The van der Waals surface area contributed by atoms with Crippen LogP contribution in [0.5, 0.6) is 0 Å². The molecule has 4 nitrogen and oxygen atoms in total. The molecule has 292 valence electrons. The van der Waals surface area contributed by atoms with E-state index < -0.39 is 5.41 Å². The molecule has 0 unspecified atom stereocenters. The van der Waals surface area contributed by atoms with Gasteiger partial charge in [0.2, 0.25) is 0 Å². The van der Waals surface area contributed by atoms with Gasteiger partial charge in [-0.1, -0.05) is 212 Å². The standard InChI is InChI=1S/C58H40N4/c1-59-56(44-19-7-3-8-20-44)62-55-48-25-13-16-28-51(48)58(49-26-14-11-23-46(49)47-24-12-15-27-50(47)58)52(55)37-39-29-31-40(32-30-39)41-33-35-43(36-34-41)54-38-53(42-17-5-2-6-18-42)60-57(61-54)45-21-9-4-10-22-45/h2-36,38H,1,37H2/b62-56-. The minimum absolute atomic E-state index is 0.526. The predicted octanol–water partition coefficient (Wildman–Crippen LogP) is 13.6. The van der Waals surface area contributed by atoms with E-state index >= 15 is 0 Å². The van der Waals surface area contributed by atoms with Gasteiger partial charge >= 0.3 is 0 Å². The fourth-order valence-corrected chi connectivity index (χ4v) is 9.52. The Hall–Kier alpha value is -8.08. The Bertz CT molecular complexity index is 3080. The summed E-state index contributed by atoms with van der Waals surface area (Å²) >= 11 is 0. The molecular weight excluding hydrogens is 753 g/mol. The number of amidine groups is 1. The van der Waals surface area contributed by atoms with Crippen LogP contribution < -0.4 is 0 Å². The number of aromatic nitrogens is 2. The van der Waals surface area contributed by atoms with Crippen molar-refractivity contribution in [3.05, 3.63) is 257 Å². The van der Waals surface area contributed by atoms with Crippen molar-refractivity contribution in [3.63, 3.8) is 0 Å². The zero-order valence-electron chi connectivity index (χ0n) is 34.0. The minimum atomic E-state index is -0.526. The van der Waals surface area contributed by atoms with E-state index in [2.05, 4.69) is 163 Å². The number of hydrogen-bond acceptors (Lipinski definition) is 3. The van der Waals surface area contributed by atoms with Crippen LogP contribution in [0.1, 0.15) is 33.4 Å². The Morgan fingerprint density at radius 1 is 0.435 bits per heavy atom. The second kappa shape index (κ2) is 15.5. The molecule has 2 aliphatic rings. The fourth-order valence-electron chi connectivity index (χ4n) is 9.52. The Kier molecular flexibility index (Phi) is 9.24. The molecule has 62 heavy (non-hydrogen) atoms. The smallest absolute Gasteiger partial charge is 0.160 e. The van der Waals surface area contributed by atoms with Crippen LogP contribution >= 0.6 is 0 Å². The van der Waals surface area contributed by atoms with Crippen LogP contribution in [0, 0.1) is 0 Å². The molecule has 0 radical (unpaired) electrons. The summed E-state index contributed by atoms with van der Waals surface area (Å²) in [4.78, 5) is 20.0. The number of hydrogen-bond donors (Lipinski definition) is 0.